The molecule has 130 valence electrons. The largest absolute Gasteiger partial charge is 0.496 e. The number of methoxy groups -OCH3 is 2. The normalized spacial score (nSPS) is 20.6. The topological polar surface area (TPSA) is 64.6 Å². The first-order chi connectivity index (χ1) is 11.6. The first kappa shape index (κ1) is 16.8. The van der Waals surface area contributed by atoms with Gasteiger partial charge in [-0.1, -0.05) is 0 Å². The van der Waals surface area contributed by atoms with Crippen molar-refractivity contribution in [2.75, 3.05) is 20.8 Å². The summed E-state index contributed by atoms with van der Waals surface area (Å²) in [5.74, 6) is 2.30. The number of carbonyl (C=O) groups excluding carboxylic acids is 2. The highest BCUT2D eigenvalue weighted by Crippen LogP contribution is 2.59. The molecule has 2 aliphatic carbocycles. The lowest BCUT2D eigenvalue weighted by Gasteiger charge is -2.23. The van der Waals surface area contributed by atoms with E-state index in [1.807, 2.05) is 6.92 Å². The molecular weight excluding hydrogens is 306 g/mol. The van der Waals surface area contributed by atoms with Gasteiger partial charge in [-0.25, -0.2) is 0 Å². The number of fused-ring (bicyclic) bond motifs is 5. The molecule has 5 heteroatoms. The first-order valence-electron chi connectivity index (χ1n) is 8.69. The molecule has 0 aliphatic heterocycles. The lowest BCUT2D eigenvalue weighted by molar-refractivity contribution is -0.120. The van der Waals surface area contributed by atoms with Crippen LogP contribution in [0, 0.1) is 0 Å². The maximum atomic E-state index is 12.7. The second kappa shape index (κ2) is 6.83. The maximum absolute atomic E-state index is 12.7. The fourth-order valence-electron chi connectivity index (χ4n) is 4.25. The van der Waals surface area contributed by atoms with Crippen LogP contribution in [0.2, 0.25) is 0 Å². The molecule has 2 unspecified atom stereocenters. The van der Waals surface area contributed by atoms with Crippen LogP contribution in [0.3, 0.4) is 0 Å². The Bertz CT molecular complexity index is 668. The van der Waals surface area contributed by atoms with E-state index in [0.717, 1.165) is 24.2 Å². The molecule has 1 fully saturated rings. The van der Waals surface area contributed by atoms with Gasteiger partial charge in [0, 0.05) is 30.5 Å². The van der Waals surface area contributed by atoms with E-state index in [2.05, 4.69) is 5.32 Å². The minimum Gasteiger partial charge on any atom is -0.496 e. The number of ether oxygens (including phenoxy) is 2. The molecule has 0 spiro atoms. The summed E-state index contributed by atoms with van der Waals surface area (Å²) in [6.45, 7) is 2.44. The van der Waals surface area contributed by atoms with Gasteiger partial charge in [0.05, 0.1) is 19.8 Å². The van der Waals surface area contributed by atoms with Gasteiger partial charge in [0.2, 0.25) is 5.91 Å². The highest BCUT2D eigenvalue weighted by molar-refractivity contribution is 6.01. The Balaban J connectivity index is 1.92. The molecule has 0 saturated heterocycles. The van der Waals surface area contributed by atoms with Crippen LogP contribution in [0.5, 0.6) is 11.5 Å². The van der Waals surface area contributed by atoms with E-state index in [9.17, 15) is 9.59 Å². The number of nitrogens with one attached hydrogen (secondary N) is 1. The van der Waals surface area contributed by atoms with Crippen LogP contribution in [-0.4, -0.2) is 32.5 Å². The first-order valence-corrected chi connectivity index (χ1v) is 8.69. The molecular formula is C19H25NO4. The minimum atomic E-state index is -0.100. The molecule has 2 bridgehead atoms. The second-order valence-corrected chi connectivity index (χ2v) is 6.57. The third-order valence-corrected chi connectivity index (χ3v) is 5.25. The molecule has 2 atom stereocenters. The van der Waals surface area contributed by atoms with Gasteiger partial charge in [0.1, 0.15) is 11.5 Å². The summed E-state index contributed by atoms with van der Waals surface area (Å²) in [5.41, 5.74) is 2.94. The summed E-state index contributed by atoms with van der Waals surface area (Å²) in [4.78, 5) is 24.3. The van der Waals surface area contributed by atoms with E-state index >= 15 is 0 Å². The molecule has 1 N–H and O–H groups in total. The summed E-state index contributed by atoms with van der Waals surface area (Å²) < 4.78 is 11.2. The summed E-state index contributed by atoms with van der Waals surface area (Å²) in [6.07, 6.45) is 3.83. The van der Waals surface area contributed by atoms with Gasteiger partial charge in [-0.2, -0.15) is 0 Å². The summed E-state index contributed by atoms with van der Waals surface area (Å²) in [7, 11) is 3.27. The molecule has 0 heterocycles. The number of ketones is 1. The minimum absolute atomic E-state index is 0.0676. The molecule has 24 heavy (non-hydrogen) atoms. The van der Waals surface area contributed by atoms with Crippen molar-refractivity contribution < 1.29 is 19.1 Å². The predicted octanol–water partition coefficient (Wildman–Crippen LogP) is 3.17. The zero-order valence-corrected chi connectivity index (χ0v) is 14.6. The number of rotatable bonds is 7. The van der Waals surface area contributed by atoms with Gasteiger partial charge in [-0.15, -0.1) is 0 Å². The number of Topliss-reactive ketones (excluding diaryl/α,β-unsaturated/α-hetero) is 1. The molecule has 2 aliphatic rings. The standard InChI is InChI=1S/C19H25NO4/c1-4-20-16(22)8-7-14(21)13-10-15(23-2)17-11-5-6-12(9-11)18(17)19(13)24-3/h10-12H,4-9H2,1-3H3,(H,20,22). The van der Waals surface area contributed by atoms with Crippen LogP contribution >= 0.6 is 0 Å². The van der Waals surface area contributed by atoms with Gasteiger partial charge >= 0.3 is 0 Å². The molecule has 1 saturated carbocycles. The Kier molecular flexibility index (Phi) is 4.78. The number of benzene rings is 1. The SMILES string of the molecule is CCNC(=O)CCC(=O)c1cc(OC)c2c(c1OC)C1CCC2C1. The smallest absolute Gasteiger partial charge is 0.220 e. The third-order valence-electron chi connectivity index (χ3n) is 5.25. The Morgan fingerprint density at radius 1 is 1.12 bits per heavy atom. The molecule has 0 aromatic heterocycles. The fourth-order valence-corrected chi connectivity index (χ4v) is 4.25. The molecule has 5 nitrogen and oxygen atoms in total. The van der Waals surface area contributed by atoms with Crippen LogP contribution in [-0.2, 0) is 4.79 Å². The van der Waals surface area contributed by atoms with E-state index in [1.165, 1.54) is 12.0 Å². The molecule has 1 amide bonds. The number of carbonyl (C=O) groups is 2. The lowest BCUT2D eigenvalue weighted by atomic mass is 9.87. The second-order valence-electron chi connectivity index (χ2n) is 6.57. The van der Waals surface area contributed by atoms with Gasteiger partial charge < -0.3 is 14.8 Å². The number of hydrogen-bond acceptors (Lipinski definition) is 4. The highest BCUT2D eigenvalue weighted by Gasteiger charge is 2.42. The number of amides is 1. The Morgan fingerprint density at radius 2 is 1.83 bits per heavy atom. The molecule has 1 aromatic rings. The Hall–Kier alpha value is -2.04. The Morgan fingerprint density at radius 3 is 2.46 bits per heavy atom. The molecule has 3 rings (SSSR count). The van der Waals surface area contributed by atoms with Crippen LogP contribution in [0.25, 0.3) is 0 Å². The van der Waals surface area contributed by atoms with E-state index in [1.54, 1.807) is 20.3 Å². The fraction of sp³-hybridized carbons (Fsp3) is 0.579. The summed E-state index contributed by atoms with van der Waals surface area (Å²) in [5, 5.41) is 2.72. The van der Waals surface area contributed by atoms with Crippen molar-refractivity contribution in [3.8, 4) is 11.5 Å². The number of hydrogen-bond donors (Lipinski definition) is 1. The van der Waals surface area contributed by atoms with Crippen LogP contribution in [0.1, 0.15) is 72.3 Å². The summed E-state index contributed by atoms with van der Waals surface area (Å²) in [6, 6.07) is 1.80. The van der Waals surface area contributed by atoms with Crippen molar-refractivity contribution in [2.24, 2.45) is 0 Å². The predicted molar refractivity (Wildman–Crippen MR) is 91.1 cm³/mol. The third kappa shape index (κ3) is 2.76. The van der Waals surface area contributed by atoms with Crippen LogP contribution in [0.15, 0.2) is 6.07 Å². The van der Waals surface area contributed by atoms with Gasteiger partial charge in [0.15, 0.2) is 5.78 Å². The summed E-state index contributed by atoms with van der Waals surface area (Å²) >= 11 is 0. The zero-order valence-electron chi connectivity index (χ0n) is 14.6. The molecule has 0 radical (unpaired) electrons. The highest BCUT2D eigenvalue weighted by atomic mass is 16.5. The average molecular weight is 331 g/mol. The van der Waals surface area contributed by atoms with Crippen LogP contribution in [0.4, 0.5) is 0 Å². The average Bonchev–Trinajstić information content (AvgIpc) is 3.20. The van der Waals surface area contributed by atoms with Crippen molar-refractivity contribution in [3.05, 3.63) is 22.8 Å². The van der Waals surface area contributed by atoms with E-state index in [-0.39, 0.29) is 24.5 Å². The quantitative estimate of drug-likeness (QED) is 0.780. The van der Waals surface area contributed by atoms with Crippen molar-refractivity contribution in [3.63, 3.8) is 0 Å². The van der Waals surface area contributed by atoms with Crippen molar-refractivity contribution in [2.45, 2.75) is 50.9 Å². The van der Waals surface area contributed by atoms with E-state index in [4.69, 9.17) is 9.47 Å². The van der Waals surface area contributed by atoms with Crippen molar-refractivity contribution in [1.29, 1.82) is 0 Å². The van der Waals surface area contributed by atoms with Gasteiger partial charge in [0.25, 0.3) is 0 Å². The Labute approximate surface area is 142 Å². The van der Waals surface area contributed by atoms with Crippen LogP contribution < -0.4 is 14.8 Å². The van der Waals surface area contributed by atoms with Crippen molar-refractivity contribution >= 4 is 11.7 Å². The van der Waals surface area contributed by atoms with Gasteiger partial charge in [-0.05, 0) is 44.1 Å². The zero-order chi connectivity index (χ0) is 17.3. The molecule has 1 aromatic carbocycles. The van der Waals surface area contributed by atoms with E-state index in [0.29, 0.717) is 29.7 Å². The van der Waals surface area contributed by atoms with Gasteiger partial charge in [-0.3, -0.25) is 9.59 Å². The van der Waals surface area contributed by atoms with Crippen molar-refractivity contribution in [1.82, 2.24) is 5.32 Å². The maximum Gasteiger partial charge on any atom is 0.220 e. The van der Waals surface area contributed by atoms with E-state index < -0.39 is 0 Å². The monoisotopic (exact) mass is 331 g/mol. The lowest BCUT2D eigenvalue weighted by Crippen LogP contribution is -2.23.